The van der Waals surface area contributed by atoms with Gasteiger partial charge in [-0.3, -0.25) is 14.3 Å². The standard InChI is InChI=1S/C8H10BrN3O3S/c1-16(15)3-2-10-8-7(12(13)14)4-6(9)5-11-8/h4-5H,2-3H2,1H3,(H,10,11)/t16-/m1/s1. The van der Waals surface area contributed by atoms with Gasteiger partial charge in [-0.15, -0.1) is 0 Å². The SMILES string of the molecule is C[S@@](=O)CCNc1ncc(Br)cc1[N+](=O)[O-]. The van der Waals surface area contributed by atoms with Crippen molar-refractivity contribution in [3.63, 3.8) is 0 Å². The molecule has 8 heteroatoms. The minimum absolute atomic E-state index is 0.101. The van der Waals surface area contributed by atoms with E-state index in [2.05, 4.69) is 26.2 Å². The molecule has 1 aromatic rings. The third-order valence-corrected chi connectivity index (χ3v) is 2.93. The molecular weight excluding hydrogens is 298 g/mol. The van der Waals surface area contributed by atoms with E-state index in [-0.39, 0.29) is 11.5 Å². The van der Waals surface area contributed by atoms with E-state index in [1.54, 1.807) is 6.26 Å². The highest BCUT2D eigenvalue weighted by Gasteiger charge is 2.15. The van der Waals surface area contributed by atoms with E-state index in [0.29, 0.717) is 16.8 Å². The van der Waals surface area contributed by atoms with Crippen molar-refractivity contribution >= 4 is 38.2 Å². The number of aromatic nitrogens is 1. The molecule has 0 aliphatic carbocycles. The Hall–Kier alpha value is -1.02. The van der Waals surface area contributed by atoms with Crippen LogP contribution in [0.4, 0.5) is 11.5 Å². The maximum absolute atomic E-state index is 10.8. The Morgan fingerprint density at radius 3 is 2.94 bits per heavy atom. The average Bonchev–Trinajstić information content (AvgIpc) is 2.19. The summed E-state index contributed by atoms with van der Waals surface area (Å²) in [7, 11) is -0.930. The summed E-state index contributed by atoms with van der Waals surface area (Å²) < 4.78 is 11.4. The van der Waals surface area contributed by atoms with Crippen LogP contribution in [0.2, 0.25) is 0 Å². The Labute approximate surface area is 103 Å². The first kappa shape index (κ1) is 13.0. The van der Waals surface area contributed by atoms with Crippen LogP contribution in [0.25, 0.3) is 0 Å². The number of hydrogen-bond donors (Lipinski definition) is 1. The first-order chi connectivity index (χ1) is 7.50. The summed E-state index contributed by atoms with van der Waals surface area (Å²) in [6, 6.07) is 1.37. The van der Waals surface area contributed by atoms with E-state index in [1.807, 2.05) is 0 Å². The number of nitro groups is 1. The first-order valence-electron chi connectivity index (χ1n) is 4.34. The quantitative estimate of drug-likeness (QED) is 0.659. The lowest BCUT2D eigenvalue weighted by atomic mass is 10.4. The Balaban J connectivity index is 2.78. The second-order valence-corrected chi connectivity index (χ2v) is 5.45. The van der Waals surface area contributed by atoms with Gasteiger partial charge in [0.25, 0.3) is 0 Å². The zero-order chi connectivity index (χ0) is 12.1. The molecule has 0 fully saturated rings. The summed E-state index contributed by atoms with van der Waals surface area (Å²) >= 11 is 3.11. The Morgan fingerprint density at radius 1 is 1.69 bits per heavy atom. The normalized spacial score (nSPS) is 12.1. The number of nitrogens with zero attached hydrogens (tertiary/aromatic N) is 2. The van der Waals surface area contributed by atoms with E-state index in [0.717, 1.165) is 0 Å². The van der Waals surface area contributed by atoms with E-state index < -0.39 is 15.7 Å². The second kappa shape index (κ2) is 5.90. The summed E-state index contributed by atoms with van der Waals surface area (Å²) in [6.45, 7) is 0.387. The van der Waals surface area contributed by atoms with Gasteiger partial charge in [-0.2, -0.15) is 0 Å². The highest BCUT2D eigenvalue weighted by molar-refractivity contribution is 9.10. The van der Waals surface area contributed by atoms with Crippen LogP contribution in [0.1, 0.15) is 0 Å². The van der Waals surface area contributed by atoms with E-state index >= 15 is 0 Å². The number of pyridine rings is 1. The van der Waals surface area contributed by atoms with Crippen molar-refractivity contribution in [3.05, 3.63) is 26.9 Å². The highest BCUT2D eigenvalue weighted by atomic mass is 79.9. The second-order valence-electron chi connectivity index (χ2n) is 2.98. The fourth-order valence-corrected chi connectivity index (χ4v) is 1.73. The Bertz CT molecular complexity index is 427. The van der Waals surface area contributed by atoms with Gasteiger partial charge in [0.2, 0.25) is 5.82 Å². The summed E-state index contributed by atoms with van der Waals surface area (Å²) in [5, 5.41) is 13.5. The molecule has 0 saturated carbocycles. The molecular formula is C8H10BrN3O3S. The van der Waals surface area contributed by atoms with Crippen molar-refractivity contribution in [3.8, 4) is 0 Å². The molecule has 1 atom stereocenters. The zero-order valence-electron chi connectivity index (χ0n) is 8.47. The number of halogens is 1. The maximum Gasteiger partial charge on any atom is 0.312 e. The number of nitrogens with one attached hydrogen (secondary N) is 1. The zero-order valence-corrected chi connectivity index (χ0v) is 10.9. The fraction of sp³-hybridized carbons (Fsp3) is 0.375. The van der Waals surface area contributed by atoms with Crippen molar-refractivity contribution in [1.82, 2.24) is 4.98 Å². The molecule has 0 radical (unpaired) electrons. The number of anilines is 1. The minimum Gasteiger partial charge on any atom is -0.363 e. The molecule has 0 spiro atoms. The predicted octanol–water partition coefficient (Wildman–Crippen LogP) is 1.54. The van der Waals surface area contributed by atoms with Gasteiger partial charge >= 0.3 is 5.69 Å². The monoisotopic (exact) mass is 307 g/mol. The molecule has 0 saturated heterocycles. The molecule has 0 aliphatic rings. The van der Waals surface area contributed by atoms with Crippen LogP contribution in [0.3, 0.4) is 0 Å². The van der Waals surface area contributed by atoms with E-state index in [4.69, 9.17) is 0 Å². The summed E-state index contributed by atoms with van der Waals surface area (Å²) in [5.41, 5.74) is -0.101. The molecule has 1 aromatic heterocycles. The molecule has 6 nitrogen and oxygen atoms in total. The van der Waals surface area contributed by atoms with Crippen LogP contribution in [0.15, 0.2) is 16.7 Å². The van der Waals surface area contributed by atoms with Gasteiger partial charge in [0, 0.05) is 46.1 Å². The van der Waals surface area contributed by atoms with Crippen molar-refractivity contribution in [2.75, 3.05) is 23.9 Å². The maximum atomic E-state index is 10.8. The van der Waals surface area contributed by atoms with E-state index in [1.165, 1.54) is 12.3 Å². The van der Waals surface area contributed by atoms with Crippen LogP contribution >= 0.6 is 15.9 Å². The minimum atomic E-state index is -0.930. The fourth-order valence-electron chi connectivity index (χ4n) is 1.02. The summed E-state index contributed by atoms with van der Waals surface area (Å²) in [4.78, 5) is 14.1. The van der Waals surface area contributed by atoms with Crippen molar-refractivity contribution in [2.24, 2.45) is 0 Å². The largest absolute Gasteiger partial charge is 0.363 e. The van der Waals surface area contributed by atoms with Crippen molar-refractivity contribution in [1.29, 1.82) is 0 Å². The topological polar surface area (TPSA) is 85.1 Å². The van der Waals surface area contributed by atoms with Gasteiger partial charge in [-0.05, 0) is 15.9 Å². The lowest BCUT2D eigenvalue weighted by molar-refractivity contribution is -0.384. The molecule has 0 amide bonds. The average molecular weight is 308 g/mol. The van der Waals surface area contributed by atoms with Gasteiger partial charge in [0.05, 0.1) is 4.92 Å². The molecule has 0 aromatic carbocycles. The molecule has 88 valence electrons. The highest BCUT2D eigenvalue weighted by Crippen LogP contribution is 2.24. The molecule has 1 rings (SSSR count). The van der Waals surface area contributed by atoms with Crippen LogP contribution in [-0.2, 0) is 10.8 Å². The van der Waals surface area contributed by atoms with Gasteiger partial charge in [-0.25, -0.2) is 4.98 Å². The molecule has 16 heavy (non-hydrogen) atoms. The van der Waals surface area contributed by atoms with Crippen LogP contribution < -0.4 is 5.32 Å². The van der Waals surface area contributed by atoms with Crippen LogP contribution in [0.5, 0.6) is 0 Å². The predicted molar refractivity (Wildman–Crippen MR) is 66.0 cm³/mol. The smallest absolute Gasteiger partial charge is 0.312 e. The Morgan fingerprint density at radius 2 is 2.38 bits per heavy atom. The van der Waals surface area contributed by atoms with Gasteiger partial charge in [0.15, 0.2) is 0 Å². The van der Waals surface area contributed by atoms with Crippen molar-refractivity contribution in [2.45, 2.75) is 0 Å². The van der Waals surface area contributed by atoms with Crippen LogP contribution in [0, 0.1) is 10.1 Å². The van der Waals surface area contributed by atoms with Crippen molar-refractivity contribution < 1.29 is 9.13 Å². The third kappa shape index (κ3) is 3.86. The molecule has 0 bridgehead atoms. The number of hydrogen-bond acceptors (Lipinski definition) is 5. The van der Waals surface area contributed by atoms with E-state index in [9.17, 15) is 14.3 Å². The lowest BCUT2D eigenvalue weighted by Crippen LogP contribution is -2.12. The first-order valence-corrected chi connectivity index (χ1v) is 6.86. The molecule has 1 heterocycles. The van der Waals surface area contributed by atoms with Gasteiger partial charge in [-0.1, -0.05) is 0 Å². The summed E-state index contributed by atoms with van der Waals surface area (Å²) in [5.74, 6) is 0.619. The number of rotatable bonds is 5. The van der Waals surface area contributed by atoms with Crippen LogP contribution in [-0.4, -0.2) is 32.7 Å². The lowest BCUT2D eigenvalue weighted by Gasteiger charge is -2.04. The Kier molecular flexibility index (Phi) is 4.81. The third-order valence-electron chi connectivity index (χ3n) is 1.71. The van der Waals surface area contributed by atoms with Gasteiger partial charge in [0.1, 0.15) is 0 Å². The molecule has 1 N–H and O–H groups in total. The summed E-state index contributed by atoms with van der Waals surface area (Å²) in [6.07, 6.45) is 3.04. The molecule has 0 aliphatic heterocycles. The van der Waals surface area contributed by atoms with Gasteiger partial charge < -0.3 is 5.32 Å². The molecule has 0 unspecified atom stereocenters.